The molecule has 2 aromatic carbocycles. The van der Waals surface area contributed by atoms with E-state index in [0.717, 1.165) is 16.7 Å². The summed E-state index contributed by atoms with van der Waals surface area (Å²) < 4.78 is 16.8. The highest BCUT2D eigenvalue weighted by Crippen LogP contribution is 2.43. The van der Waals surface area contributed by atoms with Crippen molar-refractivity contribution in [2.24, 2.45) is 0 Å². The molecular formula is C15H17O3P. The first-order chi connectivity index (χ1) is 9.02. The van der Waals surface area contributed by atoms with Gasteiger partial charge in [0.05, 0.1) is 6.16 Å². The molecule has 2 rings (SSSR count). The predicted octanol–water partition coefficient (Wildman–Crippen LogP) is 4.25. The van der Waals surface area contributed by atoms with Crippen LogP contribution >= 0.6 is 7.60 Å². The highest BCUT2D eigenvalue weighted by molar-refractivity contribution is 7.53. The molecular weight excluding hydrogens is 259 g/mol. The molecule has 0 aliphatic rings. The number of hydrogen-bond acceptors (Lipinski definition) is 2. The van der Waals surface area contributed by atoms with E-state index in [0.29, 0.717) is 5.75 Å². The van der Waals surface area contributed by atoms with Crippen molar-refractivity contribution in [3.05, 3.63) is 54.1 Å². The van der Waals surface area contributed by atoms with Gasteiger partial charge in [-0.15, -0.1) is 0 Å². The fraction of sp³-hybridized carbons (Fsp3) is 0.200. The molecule has 2 aromatic rings. The minimum atomic E-state index is -3.52. The van der Waals surface area contributed by atoms with E-state index in [-0.39, 0.29) is 6.16 Å². The van der Waals surface area contributed by atoms with Crippen LogP contribution in [-0.2, 0) is 4.57 Å². The lowest BCUT2D eigenvalue weighted by molar-refractivity contribution is 0.381. The van der Waals surface area contributed by atoms with Crippen molar-refractivity contribution in [3.63, 3.8) is 0 Å². The van der Waals surface area contributed by atoms with E-state index >= 15 is 0 Å². The smallest absolute Gasteiger partial charge is 0.376 e. The van der Waals surface area contributed by atoms with Gasteiger partial charge in [0.25, 0.3) is 0 Å². The van der Waals surface area contributed by atoms with Gasteiger partial charge in [-0.05, 0) is 35.7 Å². The Labute approximate surface area is 113 Å². The molecule has 0 amide bonds. The van der Waals surface area contributed by atoms with Crippen molar-refractivity contribution in [2.45, 2.75) is 13.8 Å². The third-order valence-electron chi connectivity index (χ3n) is 2.94. The van der Waals surface area contributed by atoms with Crippen LogP contribution in [0.4, 0.5) is 0 Å². The predicted molar refractivity (Wildman–Crippen MR) is 77.6 cm³/mol. The molecule has 1 atom stereocenters. The Balaban J connectivity index is 2.38. The van der Waals surface area contributed by atoms with E-state index in [9.17, 15) is 9.46 Å². The van der Waals surface area contributed by atoms with Crippen LogP contribution in [0.25, 0.3) is 11.1 Å². The van der Waals surface area contributed by atoms with Crippen molar-refractivity contribution >= 4 is 7.60 Å². The second-order valence-electron chi connectivity index (χ2n) is 4.39. The molecule has 0 bridgehead atoms. The Morgan fingerprint density at radius 2 is 1.84 bits per heavy atom. The van der Waals surface area contributed by atoms with E-state index < -0.39 is 7.60 Å². The fourth-order valence-electron chi connectivity index (χ4n) is 1.82. The molecule has 3 nitrogen and oxygen atoms in total. The summed E-state index contributed by atoms with van der Waals surface area (Å²) >= 11 is 0. The fourth-order valence-corrected chi connectivity index (χ4v) is 2.39. The first kappa shape index (κ1) is 13.9. The Morgan fingerprint density at radius 1 is 1.16 bits per heavy atom. The maximum Gasteiger partial charge on any atom is 0.376 e. The van der Waals surface area contributed by atoms with Gasteiger partial charge in [0.2, 0.25) is 0 Å². The Bertz CT molecular complexity index is 608. The molecule has 4 heteroatoms. The molecule has 0 aliphatic heterocycles. The van der Waals surface area contributed by atoms with Crippen molar-refractivity contribution in [1.82, 2.24) is 0 Å². The van der Waals surface area contributed by atoms with Crippen LogP contribution < -0.4 is 4.52 Å². The van der Waals surface area contributed by atoms with E-state index in [2.05, 4.69) is 0 Å². The summed E-state index contributed by atoms with van der Waals surface area (Å²) in [4.78, 5) is 9.54. The minimum absolute atomic E-state index is 0.0988. The largest absolute Gasteiger partial charge is 0.424 e. The van der Waals surface area contributed by atoms with E-state index in [1.165, 1.54) is 0 Å². The summed E-state index contributed by atoms with van der Waals surface area (Å²) in [6, 6.07) is 15.3. The number of rotatable bonds is 4. The standard InChI is InChI=1S/C15H17O3P/c1-3-19(16,17)18-14-10-9-12(2)15(11-14)13-7-5-4-6-8-13/h4-11H,3H2,1-2H3,(H,16,17). The molecule has 0 saturated heterocycles. The molecule has 1 unspecified atom stereocenters. The topological polar surface area (TPSA) is 46.5 Å². The highest BCUT2D eigenvalue weighted by atomic mass is 31.2. The van der Waals surface area contributed by atoms with Gasteiger partial charge in [-0.25, -0.2) is 4.57 Å². The molecule has 0 spiro atoms. The zero-order valence-corrected chi connectivity index (χ0v) is 11.9. The van der Waals surface area contributed by atoms with Crippen LogP contribution in [0.15, 0.2) is 48.5 Å². The monoisotopic (exact) mass is 276 g/mol. The minimum Gasteiger partial charge on any atom is -0.424 e. The third-order valence-corrected chi connectivity index (χ3v) is 4.24. The third kappa shape index (κ3) is 3.46. The molecule has 0 aromatic heterocycles. The summed E-state index contributed by atoms with van der Waals surface area (Å²) in [5.41, 5.74) is 3.17. The molecule has 0 saturated carbocycles. The van der Waals surface area contributed by atoms with Gasteiger partial charge in [-0.2, -0.15) is 0 Å². The van der Waals surface area contributed by atoms with Crippen LogP contribution in [0, 0.1) is 6.92 Å². The molecule has 0 fully saturated rings. The second-order valence-corrected chi connectivity index (χ2v) is 6.48. The quantitative estimate of drug-likeness (QED) is 0.849. The molecule has 0 heterocycles. The zero-order valence-electron chi connectivity index (χ0n) is 11.0. The first-order valence-corrected chi connectivity index (χ1v) is 7.95. The lowest BCUT2D eigenvalue weighted by Crippen LogP contribution is -1.95. The molecule has 0 aliphatic carbocycles. The lowest BCUT2D eigenvalue weighted by Gasteiger charge is -2.13. The molecule has 100 valence electrons. The summed E-state index contributed by atoms with van der Waals surface area (Å²) in [6.07, 6.45) is 0.0988. The van der Waals surface area contributed by atoms with E-state index in [1.54, 1.807) is 13.0 Å². The summed E-state index contributed by atoms with van der Waals surface area (Å²) in [5.74, 6) is 0.428. The van der Waals surface area contributed by atoms with E-state index in [4.69, 9.17) is 4.52 Å². The normalized spacial score (nSPS) is 13.8. The van der Waals surface area contributed by atoms with Crippen LogP contribution in [-0.4, -0.2) is 11.1 Å². The van der Waals surface area contributed by atoms with Crippen LogP contribution in [0.3, 0.4) is 0 Å². The van der Waals surface area contributed by atoms with Gasteiger partial charge >= 0.3 is 7.60 Å². The van der Waals surface area contributed by atoms with E-state index in [1.807, 2.05) is 49.4 Å². The Hall–Kier alpha value is -1.57. The Kier molecular flexibility index (Phi) is 4.08. The summed E-state index contributed by atoms with van der Waals surface area (Å²) in [7, 11) is -3.52. The first-order valence-electron chi connectivity index (χ1n) is 6.19. The SMILES string of the molecule is CCP(=O)(O)Oc1ccc(C)c(-c2ccccc2)c1. The maximum atomic E-state index is 11.6. The number of benzene rings is 2. The van der Waals surface area contributed by atoms with Crippen molar-refractivity contribution in [1.29, 1.82) is 0 Å². The maximum absolute atomic E-state index is 11.6. The highest BCUT2D eigenvalue weighted by Gasteiger charge is 2.18. The summed E-state index contributed by atoms with van der Waals surface area (Å²) in [6.45, 7) is 3.64. The average molecular weight is 276 g/mol. The molecule has 19 heavy (non-hydrogen) atoms. The average Bonchev–Trinajstić information content (AvgIpc) is 2.42. The molecule has 1 N–H and O–H groups in total. The van der Waals surface area contributed by atoms with Crippen LogP contribution in [0.5, 0.6) is 5.75 Å². The lowest BCUT2D eigenvalue weighted by atomic mass is 10.0. The van der Waals surface area contributed by atoms with Crippen molar-refractivity contribution in [3.8, 4) is 16.9 Å². The van der Waals surface area contributed by atoms with Gasteiger partial charge in [-0.3, -0.25) is 0 Å². The van der Waals surface area contributed by atoms with Gasteiger partial charge in [0, 0.05) is 0 Å². The van der Waals surface area contributed by atoms with Gasteiger partial charge in [0.15, 0.2) is 0 Å². The second kappa shape index (κ2) is 5.60. The van der Waals surface area contributed by atoms with Gasteiger partial charge in [0.1, 0.15) is 5.75 Å². The number of aryl methyl sites for hydroxylation is 1. The van der Waals surface area contributed by atoms with Crippen LogP contribution in [0.2, 0.25) is 0 Å². The number of hydrogen-bond donors (Lipinski definition) is 1. The van der Waals surface area contributed by atoms with Crippen LogP contribution in [0.1, 0.15) is 12.5 Å². The summed E-state index contributed by atoms with van der Waals surface area (Å²) in [5, 5.41) is 0. The van der Waals surface area contributed by atoms with Gasteiger partial charge < -0.3 is 9.42 Å². The Morgan fingerprint density at radius 3 is 2.47 bits per heavy atom. The molecule has 0 radical (unpaired) electrons. The zero-order chi connectivity index (χ0) is 13.9. The van der Waals surface area contributed by atoms with Crippen molar-refractivity contribution in [2.75, 3.05) is 6.16 Å². The van der Waals surface area contributed by atoms with Gasteiger partial charge in [-0.1, -0.05) is 43.3 Å². The van der Waals surface area contributed by atoms with Crippen molar-refractivity contribution < 1.29 is 14.0 Å².